The first-order chi connectivity index (χ1) is 6.15. The lowest BCUT2D eigenvalue weighted by Gasteiger charge is -2.09. The van der Waals surface area contributed by atoms with Crippen LogP contribution in [0.2, 0.25) is 0 Å². The highest BCUT2D eigenvalue weighted by Gasteiger charge is 2.06. The standard InChI is InChI=1S/C9H13N3O/c1-6-3-4-7(9(10)13)8(5-6)12-11-2/h3-5,11-12H,1-2H3,(H2,10,13). The third-order valence-corrected chi connectivity index (χ3v) is 1.70. The van der Waals surface area contributed by atoms with Crippen molar-refractivity contribution in [2.24, 2.45) is 5.73 Å². The van der Waals surface area contributed by atoms with Gasteiger partial charge < -0.3 is 11.2 Å². The molecule has 0 radical (unpaired) electrons. The number of hydrogen-bond donors (Lipinski definition) is 3. The monoisotopic (exact) mass is 179 g/mol. The van der Waals surface area contributed by atoms with Crippen LogP contribution in [0, 0.1) is 6.92 Å². The molecule has 13 heavy (non-hydrogen) atoms. The van der Waals surface area contributed by atoms with Gasteiger partial charge in [-0.15, -0.1) is 0 Å². The molecular formula is C9H13N3O. The van der Waals surface area contributed by atoms with Crippen molar-refractivity contribution in [3.8, 4) is 0 Å². The third kappa shape index (κ3) is 2.19. The van der Waals surface area contributed by atoms with Gasteiger partial charge in [0.05, 0.1) is 11.3 Å². The first-order valence-corrected chi connectivity index (χ1v) is 3.98. The van der Waals surface area contributed by atoms with Crippen molar-refractivity contribution in [2.45, 2.75) is 6.92 Å². The van der Waals surface area contributed by atoms with Crippen molar-refractivity contribution in [3.63, 3.8) is 0 Å². The summed E-state index contributed by atoms with van der Waals surface area (Å²) < 4.78 is 0. The molecule has 1 aromatic rings. The van der Waals surface area contributed by atoms with Crippen LogP contribution in [-0.2, 0) is 0 Å². The molecule has 1 rings (SSSR count). The fourth-order valence-electron chi connectivity index (χ4n) is 1.11. The second-order valence-electron chi connectivity index (χ2n) is 2.79. The van der Waals surface area contributed by atoms with Crippen molar-refractivity contribution in [1.29, 1.82) is 0 Å². The van der Waals surface area contributed by atoms with Gasteiger partial charge in [-0.25, -0.2) is 5.43 Å². The minimum Gasteiger partial charge on any atom is -0.366 e. The summed E-state index contributed by atoms with van der Waals surface area (Å²) in [5.41, 5.74) is 13.0. The van der Waals surface area contributed by atoms with Crippen LogP contribution in [0.1, 0.15) is 15.9 Å². The number of rotatable bonds is 3. The number of nitrogens with one attached hydrogen (secondary N) is 2. The highest BCUT2D eigenvalue weighted by Crippen LogP contribution is 2.15. The minimum atomic E-state index is -0.433. The van der Waals surface area contributed by atoms with Gasteiger partial charge in [-0.2, -0.15) is 0 Å². The molecule has 0 aliphatic carbocycles. The van der Waals surface area contributed by atoms with Crippen LogP contribution in [0.5, 0.6) is 0 Å². The second kappa shape index (κ2) is 3.91. The Bertz CT molecular complexity index is 323. The van der Waals surface area contributed by atoms with E-state index in [0.29, 0.717) is 11.3 Å². The molecule has 0 unspecified atom stereocenters. The van der Waals surface area contributed by atoms with Gasteiger partial charge >= 0.3 is 0 Å². The lowest BCUT2D eigenvalue weighted by atomic mass is 10.1. The van der Waals surface area contributed by atoms with E-state index in [1.165, 1.54) is 0 Å². The Morgan fingerprint density at radius 1 is 1.46 bits per heavy atom. The average molecular weight is 179 g/mol. The zero-order valence-electron chi connectivity index (χ0n) is 7.72. The zero-order chi connectivity index (χ0) is 9.84. The maximum atomic E-state index is 11.0. The summed E-state index contributed by atoms with van der Waals surface area (Å²) in [7, 11) is 1.73. The van der Waals surface area contributed by atoms with E-state index in [-0.39, 0.29) is 0 Å². The molecule has 0 aromatic heterocycles. The van der Waals surface area contributed by atoms with Gasteiger partial charge in [0, 0.05) is 7.05 Å². The van der Waals surface area contributed by atoms with Crippen molar-refractivity contribution >= 4 is 11.6 Å². The summed E-state index contributed by atoms with van der Waals surface area (Å²) in [4.78, 5) is 11.0. The Hall–Kier alpha value is -1.55. The van der Waals surface area contributed by atoms with Crippen molar-refractivity contribution < 1.29 is 4.79 Å². The second-order valence-corrected chi connectivity index (χ2v) is 2.79. The van der Waals surface area contributed by atoms with E-state index in [0.717, 1.165) is 5.56 Å². The molecule has 1 aromatic carbocycles. The smallest absolute Gasteiger partial charge is 0.250 e. The van der Waals surface area contributed by atoms with E-state index in [1.54, 1.807) is 13.1 Å². The largest absolute Gasteiger partial charge is 0.366 e. The highest BCUT2D eigenvalue weighted by molar-refractivity contribution is 5.98. The van der Waals surface area contributed by atoms with Crippen molar-refractivity contribution in [2.75, 3.05) is 12.5 Å². The summed E-state index contributed by atoms with van der Waals surface area (Å²) >= 11 is 0. The number of primary amides is 1. The lowest BCUT2D eigenvalue weighted by molar-refractivity contribution is 0.100. The van der Waals surface area contributed by atoms with Crippen LogP contribution in [-0.4, -0.2) is 13.0 Å². The lowest BCUT2D eigenvalue weighted by Crippen LogP contribution is -2.20. The summed E-state index contributed by atoms with van der Waals surface area (Å²) in [6.07, 6.45) is 0. The number of nitrogens with two attached hydrogens (primary N) is 1. The molecule has 1 amide bonds. The molecule has 0 spiro atoms. The molecule has 4 heteroatoms. The highest BCUT2D eigenvalue weighted by atomic mass is 16.1. The van der Waals surface area contributed by atoms with E-state index < -0.39 is 5.91 Å². The predicted molar refractivity (Wildman–Crippen MR) is 52.4 cm³/mol. The summed E-state index contributed by atoms with van der Waals surface area (Å²) in [5.74, 6) is -0.433. The molecule has 4 N–H and O–H groups in total. The number of anilines is 1. The quantitative estimate of drug-likeness (QED) is 0.596. The first kappa shape index (κ1) is 9.54. The molecule has 0 fully saturated rings. The van der Waals surface area contributed by atoms with Gasteiger partial charge in [-0.05, 0) is 24.6 Å². The molecule has 0 aliphatic rings. The van der Waals surface area contributed by atoms with Gasteiger partial charge in [-0.1, -0.05) is 6.07 Å². The molecule has 0 bridgehead atoms. The van der Waals surface area contributed by atoms with Crippen LogP contribution in [0.25, 0.3) is 0 Å². The van der Waals surface area contributed by atoms with Crippen molar-refractivity contribution in [1.82, 2.24) is 5.43 Å². The molecule has 4 nitrogen and oxygen atoms in total. The number of hydrazine groups is 1. The Balaban J connectivity index is 3.10. The zero-order valence-corrected chi connectivity index (χ0v) is 7.72. The number of carbonyl (C=O) groups is 1. The number of amides is 1. The number of benzene rings is 1. The number of carbonyl (C=O) groups excluding carboxylic acids is 1. The first-order valence-electron chi connectivity index (χ1n) is 3.98. The van der Waals surface area contributed by atoms with Crippen LogP contribution in [0.3, 0.4) is 0 Å². The van der Waals surface area contributed by atoms with Crippen LogP contribution >= 0.6 is 0 Å². The van der Waals surface area contributed by atoms with Gasteiger partial charge in [0.25, 0.3) is 5.91 Å². The molecular weight excluding hydrogens is 166 g/mol. The minimum absolute atomic E-state index is 0.433. The normalized spacial score (nSPS) is 9.69. The molecule has 0 atom stereocenters. The third-order valence-electron chi connectivity index (χ3n) is 1.70. The Morgan fingerprint density at radius 3 is 2.69 bits per heavy atom. The summed E-state index contributed by atoms with van der Waals surface area (Å²) in [5, 5.41) is 0. The fraction of sp³-hybridized carbons (Fsp3) is 0.222. The van der Waals surface area contributed by atoms with Crippen LogP contribution in [0.4, 0.5) is 5.69 Å². The Kier molecular flexibility index (Phi) is 2.87. The summed E-state index contributed by atoms with van der Waals surface area (Å²) in [6.45, 7) is 1.95. The van der Waals surface area contributed by atoms with Gasteiger partial charge in [0.1, 0.15) is 0 Å². The van der Waals surface area contributed by atoms with Gasteiger partial charge in [0.15, 0.2) is 0 Å². The molecule has 0 aliphatic heterocycles. The fourth-order valence-corrected chi connectivity index (χ4v) is 1.11. The van der Waals surface area contributed by atoms with Crippen LogP contribution < -0.4 is 16.6 Å². The number of hydrogen-bond acceptors (Lipinski definition) is 3. The maximum absolute atomic E-state index is 11.0. The topological polar surface area (TPSA) is 67.2 Å². The van der Waals surface area contributed by atoms with Crippen LogP contribution in [0.15, 0.2) is 18.2 Å². The molecule has 0 saturated heterocycles. The van der Waals surface area contributed by atoms with Gasteiger partial charge in [0.2, 0.25) is 0 Å². The van der Waals surface area contributed by atoms with E-state index in [1.807, 2.05) is 19.1 Å². The van der Waals surface area contributed by atoms with E-state index in [2.05, 4.69) is 10.9 Å². The molecule has 0 heterocycles. The molecule has 70 valence electrons. The average Bonchev–Trinajstić information content (AvgIpc) is 2.04. The van der Waals surface area contributed by atoms with E-state index in [9.17, 15) is 4.79 Å². The Labute approximate surface area is 77.1 Å². The summed E-state index contributed by atoms with van der Waals surface area (Å²) in [6, 6.07) is 5.41. The molecule has 0 saturated carbocycles. The van der Waals surface area contributed by atoms with Crippen molar-refractivity contribution in [3.05, 3.63) is 29.3 Å². The van der Waals surface area contributed by atoms with Gasteiger partial charge in [-0.3, -0.25) is 4.79 Å². The SMILES string of the molecule is CNNc1cc(C)ccc1C(N)=O. The maximum Gasteiger partial charge on any atom is 0.250 e. The Morgan fingerprint density at radius 2 is 2.15 bits per heavy atom. The predicted octanol–water partition coefficient (Wildman–Crippen LogP) is 0.640. The number of aryl methyl sites for hydroxylation is 1. The van der Waals surface area contributed by atoms with E-state index in [4.69, 9.17) is 5.73 Å². The van der Waals surface area contributed by atoms with E-state index >= 15 is 0 Å².